The molecule has 2 aliphatic heterocycles. The first kappa shape index (κ1) is 22.1. The van der Waals surface area contributed by atoms with E-state index in [2.05, 4.69) is 0 Å². The summed E-state index contributed by atoms with van der Waals surface area (Å²) in [4.78, 5) is 10.6. The van der Waals surface area contributed by atoms with E-state index in [1.165, 1.54) is 6.08 Å². The highest BCUT2D eigenvalue weighted by atomic mass is 16.7. The summed E-state index contributed by atoms with van der Waals surface area (Å²) in [5.74, 6) is -2.39. The molecule has 0 unspecified atom stereocenters. The van der Waals surface area contributed by atoms with Crippen LogP contribution in [-0.2, 0) is 14.3 Å². The lowest BCUT2D eigenvalue weighted by molar-refractivity contribution is -0.382. The van der Waals surface area contributed by atoms with Crippen molar-refractivity contribution in [2.75, 3.05) is 0 Å². The van der Waals surface area contributed by atoms with Gasteiger partial charge in [-0.1, -0.05) is 45.9 Å². The maximum Gasteiger partial charge on any atom is 0.328 e. The molecule has 27 heavy (non-hydrogen) atoms. The van der Waals surface area contributed by atoms with E-state index in [1.807, 2.05) is 40.7 Å². The van der Waals surface area contributed by atoms with Crippen molar-refractivity contribution < 1.29 is 29.6 Å². The van der Waals surface area contributed by atoms with Crippen molar-refractivity contribution in [3.63, 3.8) is 0 Å². The van der Waals surface area contributed by atoms with E-state index in [1.54, 1.807) is 6.08 Å². The molecule has 0 aliphatic carbocycles. The fraction of sp³-hybridized carbons (Fsp3) is 0.762. The van der Waals surface area contributed by atoms with Crippen molar-refractivity contribution in [2.24, 2.45) is 23.7 Å². The van der Waals surface area contributed by atoms with E-state index in [0.717, 1.165) is 12.5 Å². The summed E-state index contributed by atoms with van der Waals surface area (Å²) in [5.41, 5.74) is 0. The Bertz CT molecular complexity index is 559. The Balaban J connectivity index is 2.22. The molecule has 0 aromatic heterocycles. The standard InChI is InChI=1S/C21H34O6/c1-6-16-15(5)26-21(11-17(16)22)14(4)19(25)13(3)20(27-21)12(2)9-7-8-10-18(23)24/h7-10,12-17,19-20,22,25H,6,11H2,1-5H3,(H,23,24)/t12-,13-,14-,15+,16+,17+,19+,20-,21-/m0/s1. The number of hydrogen-bond acceptors (Lipinski definition) is 5. The lowest BCUT2D eigenvalue weighted by Crippen LogP contribution is -2.64. The van der Waals surface area contributed by atoms with Crippen LogP contribution in [0.2, 0.25) is 0 Å². The first-order valence-electron chi connectivity index (χ1n) is 9.92. The maximum atomic E-state index is 10.9. The van der Waals surface area contributed by atoms with Crippen molar-refractivity contribution >= 4 is 5.97 Å². The molecule has 1 spiro atoms. The van der Waals surface area contributed by atoms with E-state index < -0.39 is 24.0 Å². The smallest absolute Gasteiger partial charge is 0.328 e. The average molecular weight is 382 g/mol. The first-order valence-corrected chi connectivity index (χ1v) is 9.92. The molecule has 2 rings (SSSR count). The van der Waals surface area contributed by atoms with Gasteiger partial charge in [0.15, 0.2) is 5.79 Å². The molecular weight excluding hydrogens is 348 g/mol. The number of carboxylic acid groups (broad SMARTS) is 1. The number of hydrogen-bond donors (Lipinski definition) is 3. The van der Waals surface area contributed by atoms with Gasteiger partial charge in [0.2, 0.25) is 0 Å². The van der Waals surface area contributed by atoms with Gasteiger partial charge in [-0.2, -0.15) is 0 Å². The molecule has 3 N–H and O–H groups in total. The number of aliphatic carboxylic acids is 1. The van der Waals surface area contributed by atoms with E-state index in [-0.39, 0.29) is 35.9 Å². The molecule has 0 saturated carbocycles. The van der Waals surface area contributed by atoms with Crippen molar-refractivity contribution in [2.45, 2.75) is 77.7 Å². The third-order valence-electron chi connectivity index (χ3n) is 6.33. The molecular formula is C21H34O6. The predicted octanol–water partition coefficient (Wildman–Crippen LogP) is 2.74. The van der Waals surface area contributed by atoms with Crippen molar-refractivity contribution in [3.8, 4) is 0 Å². The van der Waals surface area contributed by atoms with E-state index >= 15 is 0 Å². The maximum absolute atomic E-state index is 10.9. The summed E-state index contributed by atoms with van der Waals surface area (Å²) in [7, 11) is 0. The molecule has 0 radical (unpaired) electrons. The number of aliphatic hydroxyl groups excluding tert-OH is 2. The van der Waals surface area contributed by atoms with Gasteiger partial charge < -0.3 is 24.8 Å². The van der Waals surface area contributed by atoms with Crippen LogP contribution in [0.3, 0.4) is 0 Å². The van der Waals surface area contributed by atoms with Crippen LogP contribution in [0.1, 0.15) is 47.5 Å². The number of carbonyl (C=O) groups is 1. The van der Waals surface area contributed by atoms with Crippen LogP contribution in [0, 0.1) is 23.7 Å². The third kappa shape index (κ3) is 4.62. The summed E-state index contributed by atoms with van der Waals surface area (Å²) < 4.78 is 12.7. The van der Waals surface area contributed by atoms with Crippen molar-refractivity contribution in [1.29, 1.82) is 0 Å². The van der Waals surface area contributed by atoms with Gasteiger partial charge in [-0.15, -0.1) is 0 Å². The van der Waals surface area contributed by atoms with E-state index in [0.29, 0.717) is 6.42 Å². The zero-order chi connectivity index (χ0) is 20.4. The van der Waals surface area contributed by atoms with Gasteiger partial charge in [-0.25, -0.2) is 4.79 Å². The number of carboxylic acids is 1. The second kappa shape index (κ2) is 8.86. The summed E-state index contributed by atoms with van der Waals surface area (Å²) >= 11 is 0. The van der Waals surface area contributed by atoms with Crippen LogP contribution in [-0.4, -0.2) is 51.5 Å². The molecule has 6 nitrogen and oxygen atoms in total. The molecule has 0 bridgehead atoms. The SMILES string of the molecule is CC[C@H]1[C@H](O)C[C@@]2(O[C@@H]([C@@H](C)C=CC=CC(=O)O)[C@@H](C)[C@@H](O)[C@@H]2C)O[C@@H]1C. The average Bonchev–Trinajstić information content (AvgIpc) is 2.59. The Morgan fingerprint density at radius 3 is 2.44 bits per heavy atom. The van der Waals surface area contributed by atoms with E-state index in [4.69, 9.17) is 14.6 Å². The van der Waals surface area contributed by atoms with Gasteiger partial charge in [0.1, 0.15) is 0 Å². The van der Waals surface area contributed by atoms with Crippen molar-refractivity contribution in [1.82, 2.24) is 0 Å². The summed E-state index contributed by atoms with van der Waals surface area (Å²) in [5, 5.41) is 30.2. The Morgan fingerprint density at radius 1 is 1.22 bits per heavy atom. The van der Waals surface area contributed by atoms with Crippen LogP contribution in [0.25, 0.3) is 0 Å². The van der Waals surface area contributed by atoms with Gasteiger partial charge in [0.25, 0.3) is 0 Å². The van der Waals surface area contributed by atoms with Crippen LogP contribution in [0.4, 0.5) is 0 Å². The minimum absolute atomic E-state index is 0.0554. The molecule has 0 amide bonds. The van der Waals surface area contributed by atoms with Gasteiger partial charge in [-0.05, 0) is 13.3 Å². The predicted molar refractivity (Wildman–Crippen MR) is 102 cm³/mol. The zero-order valence-corrected chi connectivity index (χ0v) is 16.9. The van der Waals surface area contributed by atoms with Crippen LogP contribution in [0.15, 0.2) is 24.3 Å². The summed E-state index contributed by atoms with van der Waals surface area (Å²) in [6, 6.07) is 0. The quantitative estimate of drug-likeness (QED) is 0.500. The van der Waals surface area contributed by atoms with Crippen LogP contribution < -0.4 is 0 Å². The van der Waals surface area contributed by atoms with Gasteiger partial charge in [0.05, 0.1) is 24.4 Å². The lowest BCUT2D eigenvalue weighted by atomic mass is 9.73. The summed E-state index contributed by atoms with van der Waals surface area (Å²) in [6.45, 7) is 9.83. The zero-order valence-electron chi connectivity index (χ0n) is 16.9. The van der Waals surface area contributed by atoms with Crippen molar-refractivity contribution in [3.05, 3.63) is 24.3 Å². The van der Waals surface area contributed by atoms with Crippen LogP contribution >= 0.6 is 0 Å². The Labute approximate surface area is 161 Å². The molecule has 2 heterocycles. The Kier molecular flexibility index (Phi) is 7.25. The molecule has 154 valence electrons. The van der Waals surface area contributed by atoms with Gasteiger partial charge in [0, 0.05) is 36.2 Å². The lowest BCUT2D eigenvalue weighted by Gasteiger charge is -2.56. The fourth-order valence-electron chi connectivity index (χ4n) is 4.61. The molecule has 9 atom stereocenters. The minimum Gasteiger partial charge on any atom is -0.478 e. The highest BCUT2D eigenvalue weighted by Gasteiger charge is 2.57. The molecule has 0 aromatic rings. The third-order valence-corrected chi connectivity index (χ3v) is 6.33. The number of allylic oxidation sites excluding steroid dienone is 2. The van der Waals surface area contributed by atoms with E-state index in [9.17, 15) is 15.0 Å². The minimum atomic E-state index is -1.01. The fourth-order valence-corrected chi connectivity index (χ4v) is 4.61. The second-order valence-corrected chi connectivity index (χ2v) is 8.14. The second-order valence-electron chi connectivity index (χ2n) is 8.14. The highest BCUT2D eigenvalue weighted by molar-refractivity contribution is 5.80. The molecule has 2 fully saturated rings. The Morgan fingerprint density at radius 2 is 1.89 bits per heavy atom. The highest BCUT2D eigenvalue weighted by Crippen LogP contribution is 2.48. The molecule has 2 aliphatic rings. The summed E-state index contributed by atoms with van der Waals surface area (Å²) in [6.07, 6.45) is 5.63. The largest absolute Gasteiger partial charge is 0.478 e. The topological polar surface area (TPSA) is 96.2 Å². The molecule has 0 aromatic carbocycles. The normalized spacial score (nSPS) is 44.2. The van der Waals surface area contributed by atoms with Gasteiger partial charge in [-0.3, -0.25) is 0 Å². The molecule has 2 saturated heterocycles. The monoisotopic (exact) mass is 382 g/mol. The number of aliphatic hydroxyl groups is 2. The first-order chi connectivity index (χ1) is 12.6. The van der Waals surface area contributed by atoms with Crippen LogP contribution in [0.5, 0.6) is 0 Å². The number of rotatable bonds is 5. The number of ether oxygens (including phenoxy) is 2. The molecule has 6 heteroatoms. The Hall–Kier alpha value is -1.21. The van der Waals surface area contributed by atoms with Gasteiger partial charge >= 0.3 is 5.97 Å².